The van der Waals surface area contributed by atoms with Crippen molar-refractivity contribution in [3.8, 4) is 5.75 Å². The lowest BCUT2D eigenvalue weighted by molar-refractivity contribution is -0.127. The lowest BCUT2D eigenvalue weighted by atomic mass is 10.3. The van der Waals surface area contributed by atoms with E-state index < -0.39 is 6.10 Å². The van der Waals surface area contributed by atoms with E-state index >= 15 is 0 Å². The molecule has 2 aromatic rings. The van der Waals surface area contributed by atoms with Crippen LogP contribution < -0.4 is 15.6 Å². The molecular formula is C16H18ClN3O3. The first kappa shape index (κ1) is 17.0. The molecule has 0 aliphatic carbocycles. The number of rotatable bonds is 6. The maximum absolute atomic E-state index is 12.0. The molecule has 1 amide bonds. The van der Waals surface area contributed by atoms with E-state index in [4.69, 9.17) is 16.3 Å². The third-order valence-corrected chi connectivity index (χ3v) is 3.38. The zero-order valence-electron chi connectivity index (χ0n) is 13.0. The Balaban J connectivity index is 1.83. The van der Waals surface area contributed by atoms with E-state index in [0.29, 0.717) is 29.6 Å². The van der Waals surface area contributed by atoms with Crippen LogP contribution in [0.3, 0.4) is 0 Å². The zero-order valence-corrected chi connectivity index (χ0v) is 13.7. The summed E-state index contributed by atoms with van der Waals surface area (Å²) in [4.78, 5) is 27.7. The number of hydrogen-bond donors (Lipinski definition) is 1. The molecule has 0 bridgehead atoms. The second kappa shape index (κ2) is 7.78. The maximum Gasteiger partial charge on any atom is 0.260 e. The van der Waals surface area contributed by atoms with Crippen molar-refractivity contribution >= 4 is 17.5 Å². The van der Waals surface area contributed by atoms with Gasteiger partial charge >= 0.3 is 0 Å². The number of aryl methyl sites for hydroxylation is 1. The van der Waals surface area contributed by atoms with Crippen LogP contribution in [0.2, 0.25) is 5.02 Å². The molecule has 1 atom stereocenters. The molecule has 0 aliphatic rings. The second-order valence-electron chi connectivity index (χ2n) is 5.07. The van der Waals surface area contributed by atoms with E-state index in [1.165, 1.54) is 17.0 Å². The summed E-state index contributed by atoms with van der Waals surface area (Å²) in [6.07, 6.45) is 0.803. The fourth-order valence-electron chi connectivity index (χ4n) is 1.93. The van der Waals surface area contributed by atoms with Crippen LogP contribution in [-0.4, -0.2) is 28.1 Å². The summed E-state index contributed by atoms with van der Waals surface area (Å²) < 4.78 is 6.96. The van der Waals surface area contributed by atoms with Gasteiger partial charge in [0.1, 0.15) is 5.75 Å². The van der Waals surface area contributed by atoms with Gasteiger partial charge in [0.05, 0.1) is 6.33 Å². The van der Waals surface area contributed by atoms with Crippen LogP contribution in [0, 0.1) is 6.92 Å². The average molecular weight is 336 g/mol. The molecule has 0 saturated carbocycles. The van der Waals surface area contributed by atoms with Crippen LogP contribution >= 0.6 is 11.6 Å². The highest BCUT2D eigenvalue weighted by Crippen LogP contribution is 2.18. The first-order valence-electron chi connectivity index (χ1n) is 7.19. The maximum atomic E-state index is 12.0. The van der Waals surface area contributed by atoms with Crippen LogP contribution in [0.4, 0.5) is 0 Å². The van der Waals surface area contributed by atoms with Gasteiger partial charge in [0, 0.05) is 29.9 Å². The van der Waals surface area contributed by atoms with Crippen LogP contribution in [0.25, 0.3) is 0 Å². The van der Waals surface area contributed by atoms with Gasteiger partial charge in [-0.3, -0.25) is 14.2 Å². The highest BCUT2D eigenvalue weighted by atomic mass is 35.5. The number of hydrogen-bond acceptors (Lipinski definition) is 4. The Morgan fingerprint density at radius 3 is 2.91 bits per heavy atom. The molecule has 2 rings (SSSR count). The second-order valence-corrected chi connectivity index (χ2v) is 5.51. The minimum atomic E-state index is -0.665. The van der Waals surface area contributed by atoms with Crippen molar-refractivity contribution in [3.05, 3.63) is 57.7 Å². The van der Waals surface area contributed by atoms with Gasteiger partial charge in [-0.1, -0.05) is 17.7 Å². The Hall–Kier alpha value is -2.34. The molecule has 0 radical (unpaired) electrons. The summed E-state index contributed by atoms with van der Waals surface area (Å²) in [5.74, 6) is 0.261. The van der Waals surface area contributed by atoms with Gasteiger partial charge in [-0.15, -0.1) is 0 Å². The highest BCUT2D eigenvalue weighted by molar-refractivity contribution is 6.30. The largest absolute Gasteiger partial charge is 0.481 e. The van der Waals surface area contributed by atoms with Crippen molar-refractivity contribution in [1.82, 2.24) is 14.9 Å². The standard InChI is InChI=1S/C16H18ClN3O3/c1-11-8-15(21)20(10-19-11)7-6-18-16(22)12(2)23-14-5-3-4-13(17)9-14/h3-5,8-10,12H,6-7H2,1-2H3,(H,18,22). The predicted molar refractivity (Wildman–Crippen MR) is 87.8 cm³/mol. The summed E-state index contributed by atoms with van der Waals surface area (Å²) in [5, 5.41) is 3.27. The molecule has 1 aromatic carbocycles. The summed E-state index contributed by atoms with van der Waals surface area (Å²) in [5.41, 5.74) is 0.522. The molecule has 7 heteroatoms. The Bertz CT molecular complexity index is 745. The lowest BCUT2D eigenvalue weighted by Crippen LogP contribution is -2.38. The van der Waals surface area contributed by atoms with Gasteiger partial charge < -0.3 is 10.1 Å². The number of amides is 1. The zero-order chi connectivity index (χ0) is 16.8. The number of halogens is 1. The van der Waals surface area contributed by atoms with Gasteiger partial charge in [0.2, 0.25) is 0 Å². The topological polar surface area (TPSA) is 73.2 Å². The van der Waals surface area contributed by atoms with E-state index in [1.807, 2.05) is 0 Å². The molecule has 6 nitrogen and oxygen atoms in total. The van der Waals surface area contributed by atoms with Crippen LogP contribution in [0.1, 0.15) is 12.6 Å². The van der Waals surface area contributed by atoms with Gasteiger partial charge in [0.25, 0.3) is 11.5 Å². The van der Waals surface area contributed by atoms with Crippen LogP contribution in [0.5, 0.6) is 5.75 Å². The smallest absolute Gasteiger partial charge is 0.260 e. The van der Waals surface area contributed by atoms with E-state index in [2.05, 4.69) is 10.3 Å². The number of aromatic nitrogens is 2. The van der Waals surface area contributed by atoms with E-state index in [9.17, 15) is 9.59 Å². The minimum Gasteiger partial charge on any atom is -0.481 e. The van der Waals surface area contributed by atoms with E-state index in [0.717, 1.165) is 0 Å². The summed E-state index contributed by atoms with van der Waals surface area (Å²) >= 11 is 5.87. The van der Waals surface area contributed by atoms with Crippen molar-refractivity contribution in [2.45, 2.75) is 26.5 Å². The minimum absolute atomic E-state index is 0.144. The first-order valence-corrected chi connectivity index (χ1v) is 7.56. The molecule has 23 heavy (non-hydrogen) atoms. The van der Waals surface area contributed by atoms with Gasteiger partial charge in [0.15, 0.2) is 6.10 Å². The van der Waals surface area contributed by atoms with E-state index in [-0.39, 0.29) is 11.5 Å². The molecule has 0 fully saturated rings. The highest BCUT2D eigenvalue weighted by Gasteiger charge is 2.14. The van der Waals surface area contributed by atoms with Gasteiger partial charge in [-0.2, -0.15) is 0 Å². The monoisotopic (exact) mass is 335 g/mol. The Morgan fingerprint density at radius 1 is 1.43 bits per heavy atom. The van der Waals surface area contributed by atoms with Crippen molar-refractivity contribution in [2.75, 3.05) is 6.54 Å². The molecule has 1 heterocycles. The molecule has 0 saturated heterocycles. The number of nitrogens with one attached hydrogen (secondary N) is 1. The normalized spacial score (nSPS) is 11.8. The molecule has 122 valence electrons. The number of benzene rings is 1. The van der Waals surface area contributed by atoms with Crippen LogP contribution in [-0.2, 0) is 11.3 Å². The summed E-state index contributed by atoms with van der Waals surface area (Å²) in [6, 6.07) is 8.30. The fourth-order valence-corrected chi connectivity index (χ4v) is 2.11. The molecule has 0 aliphatic heterocycles. The summed E-state index contributed by atoms with van der Waals surface area (Å²) in [7, 11) is 0. The Morgan fingerprint density at radius 2 is 2.22 bits per heavy atom. The molecule has 1 N–H and O–H groups in total. The van der Waals surface area contributed by atoms with Crippen LogP contribution in [0.15, 0.2) is 41.5 Å². The molecule has 1 aromatic heterocycles. The first-order chi connectivity index (χ1) is 11.0. The van der Waals surface area contributed by atoms with E-state index in [1.54, 1.807) is 38.1 Å². The van der Waals surface area contributed by atoms with Crippen molar-refractivity contribution in [3.63, 3.8) is 0 Å². The number of ether oxygens (including phenoxy) is 1. The lowest BCUT2D eigenvalue weighted by Gasteiger charge is -2.15. The van der Waals surface area contributed by atoms with Crippen molar-refractivity contribution in [1.29, 1.82) is 0 Å². The third kappa shape index (κ3) is 5.10. The summed E-state index contributed by atoms with van der Waals surface area (Å²) in [6.45, 7) is 4.06. The number of nitrogens with zero attached hydrogens (tertiary/aromatic N) is 2. The average Bonchev–Trinajstić information content (AvgIpc) is 2.49. The SMILES string of the molecule is Cc1cc(=O)n(CCNC(=O)C(C)Oc2cccc(Cl)c2)cn1. The number of carbonyl (C=O) groups excluding carboxylic acids is 1. The van der Waals surface area contributed by atoms with Gasteiger partial charge in [-0.25, -0.2) is 4.98 Å². The van der Waals surface area contributed by atoms with Crippen molar-refractivity contribution < 1.29 is 9.53 Å². The Kier molecular flexibility index (Phi) is 5.76. The molecule has 0 spiro atoms. The van der Waals surface area contributed by atoms with Gasteiger partial charge in [-0.05, 0) is 32.0 Å². The fraction of sp³-hybridized carbons (Fsp3) is 0.312. The number of carbonyl (C=O) groups is 1. The third-order valence-electron chi connectivity index (χ3n) is 3.15. The quantitative estimate of drug-likeness (QED) is 0.873. The molecular weight excluding hydrogens is 318 g/mol. The molecule has 1 unspecified atom stereocenters. The predicted octanol–water partition coefficient (Wildman–Crippen LogP) is 1.79. The van der Waals surface area contributed by atoms with Crippen molar-refractivity contribution in [2.24, 2.45) is 0 Å². The Labute approximate surface area is 139 Å².